The van der Waals surface area contributed by atoms with Crippen molar-refractivity contribution in [1.29, 1.82) is 0 Å². The van der Waals surface area contributed by atoms with Gasteiger partial charge in [-0.1, -0.05) is 51.2 Å². The number of amides is 1. The number of aryl methyl sites for hydroxylation is 1. The first-order valence-corrected chi connectivity index (χ1v) is 8.39. The van der Waals surface area contributed by atoms with Crippen LogP contribution < -0.4 is 10.6 Å². The van der Waals surface area contributed by atoms with Gasteiger partial charge in [0.1, 0.15) is 6.04 Å². The Morgan fingerprint density at radius 3 is 2.32 bits per heavy atom. The zero-order chi connectivity index (χ0) is 16.2. The fourth-order valence-corrected chi connectivity index (χ4v) is 2.40. The molecule has 0 fully saturated rings. The normalized spacial score (nSPS) is 12.1. The largest absolute Gasteiger partial charge is 0.394 e. The number of anilines is 1. The number of hydrogen-bond acceptors (Lipinski definition) is 3. The third kappa shape index (κ3) is 7.05. The third-order valence-electron chi connectivity index (χ3n) is 3.89. The molecule has 1 aromatic carbocycles. The van der Waals surface area contributed by atoms with E-state index in [2.05, 4.69) is 29.7 Å². The predicted octanol–water partition coefficient (Wildman–Crippen LogP) is 3.11. The van der Waals surface area contributed by atoms with Crippen LogP contribution in [0, 0.1) is 0 Å². The second-order valence-electron chi connectivity index (χ2n) is 5.73. The van der Waals surface area contributed by atoms with Gasteiger partial charge in [0.2, 0.25) is 5.91 Å². The summed E-state index contributed by atoms with van der Waals surface area (Å²) in [5, 5.41) is 14.6. The van der Waals surface area contributed by atoms with Crippen molar-refractivity contribution < 1.29 is 9.90 Å². The average Bonchev–Trinajstić information content (AvgIpc) is 2.53. The molecule has 0 saturated carbocycles. The number of aliphatic hydroxyl groups excluding tert-OH is 1. The van der Waals surface area contributed by atoms with Crippen molar-refractivity contribution >= 4 is 11.6 Å². The van der Waals surface area contributed by atoms with Crippen molar-refractivity contribution in [3.63, 3.8) is 0 Å². The molecule has 0 aliphatic heterocycles. The maximum Gasteiger partial charge on any atom is 0.243 e. The van der Waals surface area contributed by atoms with Gasteiger partial charge >= 0.3 is 0 Å². The van der Waals surface area contributed by atoms with Crippen LogP contribution in [-0.2, 0) is 11.2 Å². The zero-order valence-electron chi connectivity index (χ0n) is 13.9. The SMILES string of the molecule is CCCCCCCCc1ccc(NC(=O)[C@H](CO)NC)cc1. The number of likely N-dealkylation sites (N-methyl/N-ethyl adjacent to an activating group) is 1. The van der Waals surface area contributed by atoms with Gasteiger partial charge in [-0.3, -0.25) is 4.79 Å². The van der Waals surface area contributed by atoms with Crippen molar-refractivity contribution in [3.05, 3.63) is 29.8 Å². The molecule has 0 aliphatic rings. The molecule has 4 nitrogen and oxygen atoms in total. The van der Waals surface area contributed by atoms with Crippen molar-refractivity contribution in [2.24, 2.45) is 0 Å². The molecule has 0 radical (unpaired) electrons. The van der Waals surface area contributed by atoms with E-state index in [-0.39, 0.29) is 12.5 Å². The molecule has 1 rings (SSSR count). The van der Waals surface area contributed by atoms with E-state index in [1.54, 1.807) is 7.05 Å². The lowest BCUT2D eigenvalue weighted by Crippen LogP contribution is -2.41. The summed E-state index contributed by atoms with van der Waals surface area (Å²) in [7, 11) is 1.66. The predicted molar refractivity (Wildman–Crippen MR) is 92.1 cm³/mol. The van der Waals surface area contributed by atoms with E-state index >= 15 is 0 Å². The van der Waals surface area contributed by atoms with Gasteiger partial charge in [0.05, 0.1) is 6.61 Å². The first-order chi connectivity index (χ1) is 10.7. The number of nitrogens with one attached hydrogen (secondary N) is 2. The quantitative estimate of drug-likeness (QED) is 0.551. The average molecular weight is 306 g/mol. The topological polar surface area (TPSA) is 61.4 Å². The Bertz CT molecular complexity index is 414. The molecule has 124 valence electrons. The summed E-state index contributed by atoms with van der Waals surface area (Å²) in [5.74, 6) is -0.214. The summed E-state index contributed by atoms with van der Waals surface area (Å²) in [5.41, 5.74) is 2.08. The van der Waals surface area contributed by atoms with Crippen LogP contribution >= 0.6 is 0 Å². The molecule has 4 heteroatoms. The van der Waals surface area contributed by atoms with Gasteiger partial charge in [-0.2, -0.15) is 0 Å². The number of carbonyl (C=O) groups excluding carboxylic acids is 1. The van der Waals surface area contributed by atoms with E-state index in [1.165, 1.54) is 44.1 Å². The van der Waals surface area contributed by atoms with Gasteiger partial charge in [-0.15, -0.1) is 0 Å². The Labute approximate surface area is 134 Å². The number of rotatable bonds is 11. The second kappa shape index (κ2) is 11.2. The van der Waals surface area contributed by atoms with Gasteiger partial charge in [0.25, 0.3) is 0 Å². The van der Waals surface area contributed by atoms with E-state index in [4.69, 9.17) is 5.11 Å². The first kappa shape index (κ1) is 18.7. The molecule has 1 amide bonds. The van der Waals surface area contributed by atoms with Crippen molar-refractivity contribution in [1.82, 2.24) is 5.32 Å². The number of carbonyl (C=O) groups is 1. The van der Waals surface area contributed by atoms with Gasteiger partial charge in [-0.05, 0) is 37.6 Å². The number of hydrogen-bond donors (Lipinski definition) is 3. The van der Waals surface area contributed by atoms with E-state index in [0.29, 0.717) is 0 Å². The number of unbranched alkanes of at least 4 members (excludes halogenated alkanes) is 5. The minimum atomic E-state index is -0.567. The minimum absolute atomic E-state index is 0.210. The monoisotopic (exact) mass is 306 g/mol. The number of aliphatic hydroxyl groups is 1. The summed E-state index contributed by atoms with van der Waals surface area (Å²) in [6.45, 7) is 2.03. The van der Waals surface area contributed by atoms with Crippen molar-refractivity contribution in [2.75, 3.05) is 19.0 Å². The highest BCUT2D eigenvalue weighted by molar-refractivity contribution is 5.94. The van der Waals surface area contributed by atoms with Gasteiger partial charge in [-0.25, -0.2) is 0 Å². The Hall–Kier alpha value is -1.39. The van der Waals surface area contributed by atoms with Crippen LogP contribution in [-0.4, -0.2) is 30.7 Å². The summed E-state index contributed by atoms with van der Waals surface area (Å²) in [6, 6.07) is 7.41. The molecule has 0 unspecified atom stereocenters. The Kier molecular flexibility index (Phi) is 9.51. The molecule has 1 aromatic rings. The molecule has 3 N–H and O–H groups in total. The molecule has 0 spiro atoms. The van der Waals surface area contributed by atoms with Crippen LogP contribution in [0.15, 0.2) is 24.3 Å². The summed E-state index contributed by atoms with van der Waals surface area (Å²) in [4.78, 5) is 11.8. The van der Waals surface area contributed by atoms with Crippen molar-refractivity contribution in [3.8, 4) is 0 Å². The highest BCUT2D eigenvalue weighted by atomic mass is 16.3. The molecular weight excluding hydrogens is 276 g/mol. The summed E-state index contributed by atoms with van der Waals surface area (Å²) in [6.07, 6.45) is 8.91. The van der Waals surface area contributed by atoms with Crippen LogP contribution in [0.5, 0.6) is 0 Å². The third-order valence-corrected chi connectivity index (χ3v) is 3.89. The van der Waals surface area contributed by atoms with Gasteiger partial charge in [0, 0.05) is 5.69 Å². The van der Waals surface area contributed by atoms with Gasteiger partial charge in [0.15, 0.2) is 0 Å². The molecule has 22 heavy (non-hydrogen) atoms. The fraction of sp³-hybridized carbons (Fsp3) is 0.611. The lowest BCUT2D eigenvalue weighted by Gasteiger charge is -2.13. The molecule has 0 heterocycles. The zero-order valence-corrected chi connectivity index (χ0v) is 13.9. The van der Waals surface area contributed by atoms with Gasteiger partial charge < -0.3 is 15.7 Å². The van der Waals surface area contributed by atoms with Crippen LogP contribution in [0.25, 0.3) is 0 Å². The minimum Gasteiger partial charge on any atom is -0.394 e. The first-order valence-electron chi connectivity index (χ1n) is 8.39. The molecule has 0 bridgehead atoms. The maximum absolute atomic E-state index is 11.8. The lowest BCUT2D eigenvalue weighted by molar-refractivity contribution is -0.118. The molecular formula is C18H30N2O2. The second-order valence-corrected chi connectivity index (χ2v) is 5.73. The molecule has 0 saturated heterocycles. The molecule has 0 aliphatic carbocycles. The molecule has 1 atom stereocenters. The Balaban J connectivity index is 2.32. The van der Waals surface area contributed by atoms with E-state index in [1.807, 2.05) is 12.1 Å². The standard InChI is InChI=1S/C18H30N2O2/c1-3-4-5-6-7-8-9-15-10-12-16(13-11-15)20-18(22)17(14-21)19-2/h10-13,17,19,21H,3-9,14H2,1-2H3,(H,20,22)/t17-/m0/s1. The number of benzene rings is 1. The lowest BCUT2D eigenvalue weighted by atomic mass is 10.0. The van der Waals surface area contributed by atoms with Crippen LogP contribution in [0.2, 0.25) is 0 Å². The highest BCUT2D eigenvalue weighted by Crippen LogP contribution is 2.13. The Morgan fingerprint density at radius 1 is 1.09 bits per heavy atom. The summed E-state index contributed by atoms with van der Waals surface area (Å²) < 4.78 is 0. The highest BCUT2D eigenvalue weighted by Gasteiger charge is 2.14. The summed E-state index contributed by atoms with van der Waals surface area (Å²) >= 11 is 0. The molecule has 0 aromatic heterocycles. The van der Waals surface area contributed by atoms with Crippen LogP contribution in [0.1, 0.15) is 51.0 Å². The maximum atomic E-state index is 11.8. The van der Waals surface area contributed by atoms with Crippen molar-refractivity contribution in [2.45, 2.75) is 57.9 Å². The van der Waals surface area contributed by atoms with E-state index < -0.39 is 6.04 Å². The fourth-order valence-electron chi connectivity index (χ4n) is 2.40. The van der Waals surface area contributed by atoms with Crippen LogP contribution in [0.3, 0.4) is 0 Å². The van der Waals surface area contributed by atoms with Crippen LogP contribution in [0.4, 0.5) is 5.69 Å². The smallest absolute Gasteiger partial charge is 0.243 e. The Morgan fingerprint density at radius 2 is 1.73 bits per heavy atom. The van der Waals surface area contributed by atoms with E-state index in [0.717, 1.165) is 12.1 Å². The van der Waals surface area contributed by atoms with E-state index in [9.17, 15) is 4.79 Å².